The molecule has 1 aromatic carbocycles. The number of aliphatic hydroxyl groups excluding tert-OH is 1. The molecule has 0 bridgehead atoms. The summed E-state index contributed by atoms with van der Waals surface area (Å²) in [6, 6.07) is 5.74. The molecule has 3 fully saturated rings. The van der Waals surface area contributed by atoms with Crippen LogP contribution < -0.4 is 5.32 Å². The summed E-state index contributed by atoms with van der Waals surface area (Å²) in [6.45, 7) is 5.32. The Balaban J connectivity index is 1.45. The number of aliphatic hydroxyl groups is 1. The third-order valence-electron chi connectivity index (χ3n) is 7.28. The molecule has 3 aromatic rings. The van der Waals surface area contributed by atoms with Crippen LogP contribution in [0.1, 0.15) is 58.1 Å². The standard InChI is InChI=1S/C24H29FN6O5S/c1-4-11-37(33,34)22-26-20(28-24(9-10-24)13-5-7-14(25)8-6-13)17-21(27-22)31(30-29-17)15-12-16(32)19-18(15)35-23(2,3)36-19/h5-8,15-16,18-19,32H,4,9-12H2,1-3H3,(H,26,27,28). The topological polar surface area (TPSA) is 141 Å². The van der Waals surface area contributed by atoms with E-state index in [1.807, 2.05) is 0 Å². The van der Waals surface area contributed by atoms with E-state index >= 15 is 0 Å². The van der Waals surface area contributed by atoms with Crippen LogP contribution in [0.2, 0.25) is 0 Å². The summed E-state index contributed by atoms with van der Waals surface area (Å²) in [5, 5.41) is 22.3. The Bertz CT molecular complexity index is 1460. The van der Waals surface area contributed by atoms with Crippen molar-refractivity contribution in [3.8, 4) is 0 Å². The summed E-state index contributed by atoms with van der Waals surface area (Å²) in [5.41, 5.74) is 0.880. The Morgan fingerprint density at radius 3 is 2.54 bits per heavy atom. The van der Waals surface area contributed by atoms with Crippen molar-refractivity contribution in [3.05, 3.63) is 35.6 Å². The average molecular weight is 533 g/mol. The lowest BCUT2D eigenvalue weighted by Crippen LogP contribution is -2.29. The highest BCUT2D eigenvalue weighted by Gasteiger charge is 2.55. The molecule has 2 aliphatic carbocycles. The van der Waals surface area contributed by atoms with Gasteiger partial charge in [0.15, 0.2) is 22.8 Å². The number of hydrogen-bond acceptors (Lipinski definition) is 10. The van der Waals surface area contributed by atoms with Crippen molar-refractivity contribution in [2.45, 2.75) is 87.3 Å². The van der Waals surface area contributed by atoms with E-state index in [1.54, 1.807) is 32.9 Å². The average Bonchev–Trinajstić information content (AvgIpc) is 3.22. The number of aromatic nitrogens is 5. The second-order valence-electron chi connectivity index (χ2n) is 10.5. The van der Waals surface area contributed by atoms with Crippen molar-refractivity contribution in [3.63, 3.8) is 0 Å². The van der Waals surface area contributed by atoms with Gasteiger partial charge < -0.3 is 19.9 Å². The first-order valence-corrected chi connectivity index (χ1v) is 14.1. The number of benzene rings is 1. The lowest BCUT2D eigenvalue weighted by Gasteiger charge is -2.22. The number of anilines is 1. The third-order valence-corrected chi connectivity index (χ3v) is 8.96. The Kier molecular flexibility index (Phi) is 5.57. The highest BCUT2D eigenvalue weighted by Crippen LogP contribution is 2.49. The Morgan fingerprint density at radius 1 is 1.16 bits per heavy atom. The van der Waals surface area contributed by atoms with Gasteiger partial charge in [0.1, 0.15) is 18.0 Å². The van der Waals surface area contributed by atoms with Crippen molar-refractivity contribution in [1.29, 1.82) is 0 Å². The predicted octanol–water partition coefficient (Wildman–Crippen LogP) is 2.47. The molecular weight excluding hydrogens is 503 g/mol. The van der Waals surface area contributed by atoms with Gasteiger partial charge in [0, 0.05) is 6.42 Å². The fourth-order valence-electron chi connectivity index (χ4n) is 5.39. The number of fused-ring (bicyclic) bond motifs is 2. The number of hydrogen-bond donors (Lipinski definition) is 2. The van der Waals surface area contributed by atoms with Gasteiger partial charge in [-0.2, -0.15) is 9.97 Å². The summed E-state index contributed by atoms with van der Waals surface area (Å²) in [5.74, 6) is -1.08. The summed E-state index contributed by atoms with van der Waals surface area (Å²) in [6.07, 6.45) is 0.366. The van der Waals surface area contributed by atoms with Crippen molar-refractivity contribution in [1.82, 2.24) is 25.0 Å². The van der Waals surface area contributed by atoms with Gasteiger partial charge >= 0.3 is 0 Å². The third kappa shape index (κ3) is 4.17. The second kappa shape index (κ2) is 8.38. The molecular formula is C24H29FN6O5S. The van der Waals surface area contributed by atoms with E-state index in [0.717, 1.165) is 18.4 Å². The number of halogens is 1. The summed E-state index contributed by atoms with van der Waals surface area (Å²) in [7, 11) is -3.78. The minimum Gasteiger partial charge on any atom is -0.390 e. The summed E-state index contributed by atoms with van der Waals surface area (Å²) < 4.78 is 53.1. The van der Waals surface area contributed by atoms with Gasteiger partial charge in [-0.1, -0.05) is 24.3 Å². The van der Waals surface area contributed by atoms with Gasteiger partial charge in [0.2, 0.25) is 9.84 Å². The normalized spacial score (nSPS) is 27.9. The molecule has 4 atom stereocenters. The number of rotatable bonds is 7. The van der Waals surface area contributed by atoms with Crippen molar-refractivity contribution < 1.29 is 27.4 Å². The zero-order valence-electron chi connectivity index (χ0n) is 20.8. The first kappa shape index (κ1) is 24.6. The fraction of sp³-hybridized carbons (Fsp3) is 0.583. The van der Waals surface area contributed by atoms with Crippen molar-refractivity contribution >= 4 is 26.8 Å². The maximum Gasteiger partial charge on any atom is 0.251 e. The van der Waals surface area contributed by atoms with E-state index in [-0.39, 0.29) is 34.6 Å². The molecule has 11 nitrogen and oxygen atoms in total. The monoisotopic (exact) mass is 532 g/mol. The van der Waals surface area contributed by atoms with Gasteiger partial charge in [0.25, 0.3) is 5.16 Å². The minimum atomic E-state index is -3.78. The number of nitrogens with one attached hydrogen (secondary N) is 1. The first-order valence-electron chi connectivity index (χ1n) is 12.5. The molecule has 1 saturated heterocycles. The van der Waals surface area contributed by atoms with E-state index in [2.05, 4.69) is 25.6 Å². The van der Waals surface area contributed by atoms with Crippen LogP contribution in [-0.2, 0) is 24.8 Å². The maximum absolute atomic E-state index is 13.5. The molecule has 2 aromatic heterocycles. The molecule has 37 heavy (non-hydrogen) atoms. The molecule has 13 heteroatoms. The van der Waals surface area contributed by atoms with Gasteiger partial charge in [-0.25, -0.2) is 17.5 Å². The lowest BCUT2D eigenvalue weighted by atomic mass is 10.0. The van der Waals surface area contributed by atoms with E-state index < -0.39 is 45.5 Å². The van der Waals surface area contributed by atoms with E-state index in [1.165, 1.54) is 16.8 Å². The molecule has 1 aliphatic heterocycles. The van der Waals surface area contributed by atoms with Gasteiger partial charge in [-0.05, 0) is 50.8 Å². The zero-order chi connectivity index (χ0) is 26.2. The largest absolute Gasteiger partial charge is 0.390 e. The fourth-order valence-corrected chi connectivity index (χ4v) is 6.57. The Labute approximate surface area is 213 Å². The molecule has 6 rings (SSSR count). The van der Waals surface area contributed by atoms with E-state index in [4.69, 9.17) is 9.47 Å². The van der Waals surface area contributed by atoms with Crippen molar-refractivity contribution in [2.24, 2.45) is 0 Å². The molecule has 0 amide bonds. The number of sulfone groups is 1. The molecule has 4 unspecified atom stereocenters. The SMILES string of the molecule is CCCS(=O)(=O)c1nc(NC2(c3ccc(F)cc3)CC2)c2nnn(C3CC(O)C4OC(C)(C)OC43)c2n1. The quantitative estimate of drug-likeness (QED) is 0.436. The van der Waals surface area contributed by atoms with Crippen LogP contribution in [0.4, 0.5) is 10.2 Å². The molecule has 3 heterocycles. The summed E-state index contributed by atoms with van der Waals surface area (Å²) >= 11 is 0. The molecule has 0 radical (unpaired) electrons. The molecule has 198 valence electrons. The lowest BCUT2D eigenvalue weighted by molar-refractivity contribution is -0.165. The summed E-state index contributed by atoms with van der Waals surface area (Å²) in [4.78, 5) is 8.81. The van der Waals surface area contributed by atoms with Crippen LogP contribution in [0.15, 0.2) is 29.4 Å². The van der Waals surface area contributed by atoms with Crippen LogP contribution in [-0.4, -0.2) is 68.3 Å². The number of nitrogens with zero attached hydrogens (tertiary/aromatic N) is 5. The minimum absolute atomic E-state index is 0.111. The zero-order valence-corrected chi connectivity index (χ0v) is 21.6. The smallest absolute Gasteiger partial charge is 0.251 e. The maximum atomic E-state index is 13.5. The van der Waals surface area contributed by atoms with Gasteiger partial charge in [-0.15, -0.1) is 5.10 Å². The van der Waals surface area contributed by atoms with Crippen LogP contribution in [0.25, 0.3) is 11.2 Å². The predicted molar refractivity (Wildman–Crippen MR) is 130 cm³/mol. The van der Waals surface area contributed by atoms with Gasteiger partial charge in [0.05, 0.1) is 23.4 Å². The Hall–Kier alpha value is -2.74. The van der Waals surface area contributed by atoms with Crippen molar-refractivity contribution in [2.75, 3.05) is 11.1 Å². The second-order valence-corrected chi connectivity index (χ2v) is 12.5. The van der Waals surface area contributed by atoms with Crippen LogP contribution in [0.3, 0.4) is 0 Å². The highest BCUT2D eigenvalue weighted by molar-refractivity contribution is 7.91. The first-order chi connectivity index (χ1) is 17.5. The van der Waals surface area contributed by atoms with Gasteiger partial charge in [-0.3, -0.25) is 0 Å². The Morgan fingerprint density at radius 2 is 1.86 bits per heavy atom. The molecule has 2 saturated carbocycles. The highest BCUT2D eigenvalue weighted by atomic mass is 32.2. The van der Waals surface area contributed by atoms with Crippen LogP contribution in [0, 0.1) is 5.82 Å². The number of ether oxygens (including phenoxy) is 2. The molecule has 0 spiro atoms. The van der Waals surface area contributed by atoms with E-state index in [0.29, 0.717) is 11.9 Å². The van der Waals surface area contributed by atoms with Crippen LogP contribution >= 0.6 is 0 Å². The molecule has 2 N–H and O–H groups in total. The molecule has 3 aliphatic rings. The van der Waals surface area contributed by atoms with E-state index in [9.17, 15) is 17.9 Å². The van der Waals surface area contributed by atoms with Crippen LogP contribution in [0.5, 0.6) is 0 Å².